The summed E-state index contributed by atoms with van der Waals surface area (Å²) in [5, 5.41) is 21.1. The van der Waals surface area contributed by atoms with E-state index in [0.717, 1.165) is 12.1 Å². The third-order valence-corrected chi connectivity index (χ3v) is 7.21. The van der Waals surface area contributed by atoms with Crippen LogP contribution in [0.25, 0.3) is 21.8 Å². The number of anilines is 1. The Morgan fingerprint density at radius 1 is 1.16 bits per heavy atom. The molecule has 198 valence electrons. The molecule has 5 rings (SSSR count). The number of fused-ring (bicyclic) bond motifs is 3. The molecule has 3 heterocycles. The van der Waals surface area contributed by atoms with Crippen molar-refractivity contribution < 1.29 is 32.6 Å². The van der Waals surface area contributed by atoms with E-state index in [9.17, 15) is 33.0 Å². The van der Waals surface area contributed by atoms with Crippen molar-refractivity contribution >= 4 is 33.5 Å². The lowest BCUT2D eigenvalue weighted by Crippen LogP contribution is -2.43. The average molecular weight is 529 g/mol. The summed E-state index contributed by atoms with van der Waals surface area (Å²) in [6, 6.07) is 7.12. The molecule has 2 aromatic carbocycles. The maximum Gasteiger partial charge on any atom is 0.416 e. The van der Waals surface area contributed by atoms with Gasteiger partial charge in [0, 0.05) is 31.2 Å². The van der Waals surface area contributed by atoms with E-state index in [1.807, 2.05) is 0 Å². The first-order valence-corrected chi connectivity index (χ1v) is 12.0. The van der Waals surface area contributed by atoms with E-state index < -0.39 is 40.1 Å². The van der Waals surface area contributed by atoms with Gasteiger partial charge in [0.1, 0.15) is 11.4 Å². The Morgan fingerprint density at radius 3 is 2.50 bits per heavy atom. The molecule has 2 N–H and O–H groups in total. The number of carbonyl (C=O) groups is 1. The molecule has 7 nitrogen and oxygen atoms in total. The lowest BCUT2D eigenvalue weighted by molar-refractivity contribution is -0.137. The Balaban J connectivity index is 1.57. The fourth-order valence-electron chi connectivity index (χ4n) is 5.18. The number of aryl methyl sites for hydroxylation is 1. The number of benzene rings is 2. The number of aromatic nitrogens is 2. The van der Waals surface area contributed by atoms with E-state index in [4.69, 9.17) is 0 Å². The second kappa shape index (κ2) is 9.09. The van der Waals surface area contributed by atoms with Crippen molar-refractivity contribution in [1.29, 1.82) is 0 Å². The van der Waals surface area contributed by atoms with Gasteiger partial charge < -0.3 is 19.7 Å². The molecule has 1 saturated heterocycles. The van der Waals surface area contributed by atoms with Crippen LogP contribution in [0.4, 0.5) is 23.2 Å². The SMILES string of the molecule is CCn1cc(C(=O)O)c(=O)c2c3ccc(F)c(N4CCC(O)(c5cccc(C(F)(F)F)c5)CC4)c3ncc21. The summed E-state index contributed by atoms with van der Waals surface area (Å²) in [5.74, 6) is -2.00. The van der Waals surface area contributed by atoms with Crippen molar-refractivity contribution in [3.8, 4) is 0 Å². The van der Waals surface area contributed by atoms with Gasteiger partial charge in [-0.3, -0.25) is 9.78 Å². The molecule has 0 atom stereocenters. The van der Waals surface area contributed by atoms with Gasteiger partial charge in [-0.05, 0) is 49.6 Å². The fraction of sp³-hybridized carbons (Fsp3) is 0.296. The second-order valence-electron chi connectivity index (χ2n) is 9.37. The molecule has 0 amide bonds. The molecule has 4 aromatic rings. The van der Waals surface area contributed by atoms with Crippen LogP contribution in [0.15, 0.2) is 53.6 Å². The summed E-state index contributed by atoms with van der Waals surface area (Å²) >= 11 is 0. The van der Waals surface area contributed by atoms with Crippen LogP contribution in [0, 0.1) is 5.82 Å². The number of halogens is 4. The lowest BCUT2D eigenvalue weighted by Gasteiger charge is -2.40. The summed E-state index contributed by atoms with van der Waals surface area (Å²) in [7, 11) is 0. The molecule has 0 radical (unpaired) electrons. The molecule has 1 aliphatic rings. The molecule has 11 heteroatoms. The van der Waals surface area contributed by atoms with Gasteiger partial charge in [-0.15, -0.1) is 0 Å². The molecule has 0 spiro atoms. The topological polar surface area (TPSA) is 95.7 Å². The normalized spacial score (nSPS) is 15.8. The Labute approximate surface area is 213 Å². The van der Waals surface area contributed by atoms with Crippen molar-refractivity contribution in [2.45, 2.75) is 38.1 Å². The monoisotopic (exact) mass is 529 g/mol. The van der Waals surface area contributed by atoms with Gasteiger partial charge in [-0.2, -0.15) is 13.2 Å². The Bertz CT molecular complexity index is 1640. The summed E-state index contributed by atoms with van der Waals surface area (Å²) < 4.78 is 56.4. The number of alkyl halides is 3. The third kappa shape index (κ3) is 4.16. The van der Waals surface area contributed by atoms with E-state index in [0.29, 0.717) is 12.1 Å². The zero-order chi connectivity index (χ0) is 27.4. The molecule has 1 aliphatic heterocycles. The van der Waals surface area contributed by atoms with Gasteiger partial charge in [0.15, 0.2) is 0 Å². The van der Waals surface area contributed by atoms with Crippen LogP contribution in [0.3, 0.4) is 0 Å². The summed E-state index contributed by atoms with van der Waals surface area (Å²) in [4.78, 5) is 30.9. The zero-order valence-electron chi connectivity index (χ0n) is 20.2. The molecular formula is C27H23F4N3O4. The maximum absolute atomic E-state index is 15.2. The first kappa shape index (κ1) is 25.7. The van der Waals surface area contributed by atoms with Crippen LogP contribution in [0.5, 0.6) is 0 Å². The van der Waals surface area contributed by atoms with Crippen LogP contribution in [0.2, 0.25) is 0 Å². The number of aromatic carboxylic acids is 1. The summed E-state index contributed by atoms with van der Waals surface area (Å²) in [6.45, 7) is 2.38. The van der Waals surface area contributed by atoms with Crippen molar-refractivity contribution in [3.63, 3.8) is 0 Å². The maximum atomic E-state index is 15.2. The van der Waals surface area contributed by atoms with Crippen molar-refractivity contribution in [1.82, 2.24) is 9.55 Å². The quantitative estimate of drug-likeness (QED) is 0.288. The highest BCUT2D eigenvalue weighted by molar-refractivity contribution is 6.09. The van der Waals surface area contributed by atoms with Gasteiger partial charge in [0.2, 0.25) is 5.43 Å². The predicted molar refractivity (Wildman–Crippen MR) is 133 cm³/mol. The number of carboxylic acids is 1. The van der Waals surface area contributed by atoms with Gasteiger partial charge in [-0.25, -0.2) is 9.18 Å². The largest absolute Gasteiger partial charge is 0.477 e. The highest BCUT2D eigenvalue weighted by Gasteiger charge is 2.38. The Kier molecular flexibility index (Phi) is 6.13. The number of aliphatic hydroxyl groups is 1. The van der Waals surface area contributed by atoms with Crippen molar-refractivity contribution in [3.05, 3.63) is 81.5 Å². The van der Waals surface area contributed by atoms with Crippen molar-refractivity contribution in [2.75, 3.05) is 18.0 Å². The predicted octanol–water partition coefficient (Wildman–Crippen LogP) is 4.91. The number of nitrogens with zero attached hydrogens (tertiary/aromatic N) is 3. The highest BCUT2D eigenvalue weighted by Crippen LogP contribution is 2.40. The molecule has 0 unspecified atom stereocenters. The first-order valence-electron chi connectivity index (χ1n) is 12.0. The Morgan fingerprint density at radius 2 is 1.87 bits per heavy atom. The van der Waals surface area contributed by atoms with E-state index in [2.05, 4.69) is 4.98 Å². The van der Waals surface area contributed by atoms with Gasteiger partial charge in [-0.1, -0.05) is 12.1 Å². The number of carboxylic acid groups (broad SMARTS) is 1. The smallest absolute Gasteiger partial charge is 0.416 e. The van der Waals surface area contributed by atoms with Crippen LogP contribution >= 0.6 is 0 Å². The first-order chi connectivity index (χ1) is 17.9. The van der Waals surface area contributed by atoms with Gasteiger partial charge in [0.05, 0.1) is 39.5 Å². The summed E-state index contributed by atoms with van der Waals surface area (Å²) in [6.07, 6.45) is -1.83. The third-order valence-electron chi connectivity index (χ3n) is 7.21. The molecule has 0 bridgehead atoms. The standard InChI is InChI=1S/C27H23F4N3O4/c1-2-33-14-18(25(36)37)24(35)21-17-6-7-19(28)23(22(17)32-13-20(21)33)34-10-8-26(38,9-11-34)15-4-3-5-16(12-15)27(29,30)31/h3-7,12-14,38H,2,8-11H2,1H3,(H,36,37). The van der Waals surface area contributed by atoms with Gasteiger partial charge in [0.25, 0.3) is 0 Å². The molecule has 38 heavy (non-hydrogen) atoms. The number of hydrogen-bond donors (Lipinski definition) is 2. The molecule has 0 aliphatic carbocycles. The van der Waals surface area contributed by atoms with Crippen LogP contribution in [-0.4, -0.2) is 38.8 Å². The van der Waals surface area contributed by atoms with Crippen molar-refractivity contribution in [2.24, 2.45) is 0 Å². The number of pyridine rings is 2. The minimum absolute atomic E-state index is 0.0313. The molecule has 0 saturated carbocycles. The molecule has 2 aromatic heterocycles. The van der Waals surface area contributed by atoms with E-state index in [1.54, 1.807) is 16.4 Å². The lowest BCUT2D eigenvalue weighted by atomic mass is 9.83. The fourth-order valence-corrected chi connectivity index (χ4v) is 5.18. The molecular weight excluding hydrogens is 506 g/mol. The van der Waals surface area contributed by atoms with Crippen LogP contribution < -0.4 is 10.3 Å². The number of piperidine rings is 1. The summed E-state index contributed by atoms with van der Waals surface area (Å²) in [5.41, 5.74) is -2.74. The van der Waals surface area contributed by atoms with Crippen LogP contribution in [-0.2, 0) is 18.3 Å². The van der Waals surface area contributed by atoms with Crippen LogP contribution in [0.1, 0.15) is 41.3 Å². The minimum atomic E-state index is -4.55. The average Bonchev–Trinajstić information content (AvgIpc) is 2.88. The second-order valence-corrected chi connectivity index (χ2v) is 9.37. The minimum Gasteiger partial charge on any atom is -0.477 e. The zero-order valence-corrected chi connectivity index (χ0v) is 20.2. The number of rotatable bonds is 4. The highest BCUT2D eigenvalue weighted by atomic mass is 19.4. The van der Waals surface area contributed by atoms with E-state index in [1.165, 1.54) is 36.7 Å². The van der Waals surface area contributed by atoms with Gasteiger partial charge >= 0.3 is 12.1 Å². The Hall–Kier alpha value is -3.99. The van der Waals surface area contributed by atoms with E-state index in [-0.39, 0.29) is 53.5 Å². The number of hydrogen-bond acceptors (Lipinski definition) is 5. The molecule has 1 fully saturated rings. The van der Waals surface area contributed by atoms with E-state index >= 15 is 4.39 Å².